The molecule has 0 heterocycles. The molecule has 0 amide bonds. The highest BCUT2D eigenvalue weighted by Crippen LogP contribution is 2.35. The second-order valence-corrected chi connectivity index (χ2v) is 9.46. The van der Waals surface area contributed by atoms with Gasteiger partial charge in [-0.3, -0.25) is 0 Å². The molecule has 0 aliphatic carbocycles. The number of hydrogen-bond acceptors (Lipinski definition) is 2. The van der Waals surface area contributed by atoms with Crippen molar-refractivity contribution in [1.29, 1.82) is 0 Å². The van der Waals surface area contributed by atoms with E-state index < -0.39 is 16.1 Å². The Morgan fingerprint density at radius 3 is 1.58 bits per heavy atom. The van der Waals surface area contributed by atoms with Gasteiger partial charge in [0.25, 0.3) is 0 Å². The maximum atomic E-state index is 14.0. The van der Waals surface area contributed by atoms with Crippen LogP contribution in [0.2, 0.25) is 0 Å². The van der Waals surface area contributed by atoms with Crippen LogP contribution in [0.25, 0.3) is 0 Å². The Kier molecular flexibility index (Phi) is 6.31. The highest BCUT2D eigenvalue weighted by molar-refractivity contribution is 7.89. The Bertz CT molecular complexity index is 1170. The zero-order valence-corrected chi connectivity index (χ0v) is 18.2. The smallest absolute Gasteiger partial charge is 0.207 e. The van der Waals surface area contributed by atoms with E-state index in [1.165, 1.54) is 0 Å². The van der Waals surface area contributed by atoms with E-state index in [0.29, 0.717) is 4.90 Å². The monoisotopic (exact) mass is 427 g/mol. The standard InChI is InChI=1S/C27H25NO2S/c1-22-17-19-26(20-18-22)31(29,30)28(21-23-11-5-2-6-12-23)27(24-13-7-3-8-14-24)25-15-9-4-10-16-25/h2-20,27H,21H2,1H3. The third-order valence-electron chi connectivity index (χ3n) is 5.33. The molecule has 0 aliphatic rings. The number of aryl methyl sites for hydroxylation is 1. The average Bonchev–Trinajstić information content (AvgIpc) is 2.81. The lowest BCUT2D eigenvalue weighted by Gasteiger charge is -2.32. The van der Waals surface area contributed by atoms with Gasteiger partial charge in [-0.25, -0.2) is 8.42 Å². The largest absolute Gasteiger partial charge is 0.244 e. The van der Waals surface area contributed by atoms with Gasteiger partial charge in [0.05, 0.1) is 10.9 Å². The first-order chi connectivity index (χ1) is 15.1. The molecule has 0 bridgehead atoms. The van der Waals surface area contributed by atoms with Crippen LogP contribution in [0, 0.1) is 6.92 Å². The molecule has 0 N–H and O–H groups in total. The van der Waals surface area contributed by atoms with E-state index in [1.807, 2.05) is 110 Å². The van der Waals surface area contributed by atoms with Crippen molar-refractivity contribution in [2.24, 2.45) is 0 Å². The highest BCUT2D eigenvalue weighted by atomic mass is 32.2. The summed E-state index contributed by atoms with van der Waals surface area (Å²) < 4.78 is 29.5. The van der Waals surface area contributed by atoms with Crippen molar-refractivity contribution in [3.05, 3.63) is 138 Å². The van der Waals surface area contributed by atoms with E-state index in [2.05, 4.69) is 0 Å². The van der Waals surface area contributed by atoms with E-state index in [4.69, 9.17) is 0 Å². The second kappa shape index (κ2) is 9.29. The third kappa shape index (κ3) is 4.76. The Morgan fingerprint density at radius 1 is 0.645 bits per heavy atom. The van der Waals surface area contributed by atoms with Crippen molar-refractivity contribution in [1.82, 2.24) is 4.31 Å². The van der Waals surface area contributed by atoms with Gasteiger partial charge in [-0.15, -0.1) is 0 Å². The maximum absolute atomic E-state index is 14.0. The second-order valence-electron chi connectivity index (χ2n) is 7.57. The minimum Gasteiger partial charge on any atom is -0.207 e. The highest BCUT2D eigenvalue weighted by Gasteiger charge is 2.33. The molecule has 0 atom stereocenters. The number of benzene rings is 4. The normalized spacial score (nSPS) is 11.7. The van der Waals surface area contributed by atoms with E-state index in [1.54, 1.807) is 16.4 Å². The lowest BCUT2D eigenvalue weighted by atomic mass is 9.98. The molecular formula is C27H25NO2S. The Morgan fingerprint density at radius 2 is 1.10 bits per heavy atom. The predicted octanol–water partition coefficient (Wildman–Crippen LogP) is 5.98. The fraction of sp³-hybridized carbons (Fsp3) is 0.111. The van der Waals surface area contributed by atoms with Crippen LogP contribution in [0.1, 0.15) is 28.3 Å². The number of hydrogen-bond donors (Lipinski definition) is 0. The molecule has 4 rings (SSSR count). The molecule has 3 nitrogen and oxygen atoms in total. The first-order valence-corrected chi connectivity index (χ1v) is 11.7. The first-order valence-electron chi connectivity index (χ1n) is 10.3. The van der Waals surface area contributed by atoms with Crippen LogP contribution in [0.5, 0.6) is 0 Å². The van der Waals surface area contributed by atoms with Crippen LogP contribution in [0.3, 0.4) is 0 Å². The van der Waals surface area contributed by atoms with Gasteiger partial charge in [0.1, 0.15) is 0 Å². The fourth-order valence-corrected chi connectivity index (χ4v) is 5.31. The van der Waals surface area contributed by atoms with Gasteiger partial charge in [0.15, 0.2) is 0 Å². The summed E-state index contributed by atoms with van der Waals surface area (Å²) in [6.45, 7) is 2.22. The molecule has 0 saturated heterocycles. The summed E-state index contributed by atoms with van der Waals surface area (Å²) in [4.78, 5) is 0.297. The quantitative estimate of drug-likeness (QED) is 0.364. The van der Waals surface area contributed by atoms with Gasteiger partial charge in [0, 0.05) is 6.54 Å². The zero-order valence-electron chi connectivity index (χ0n) is 17.4. The molecule has 0 fully saturated rings. The topological polar surface area (TPSA) is 37.4 Å². The van der Waals surface area contributed by atoms with E-state index in [0.717, 1.165) is 22.3 Å². The lowest BCUT2D eigenvalue weighted by Crippen LogP contribution is -2.35. The van der Waals surface area contributed by atoms with Gasteiger partial charge in [0.2, 0.25) is 10.0 Å². The number of sulfonamides is 1. The summed E-state index contributed by atoms with van der Waals surface area (Å²) in [5.41, 5.74) is 3.83. The molecule has 0 unspecified atom stereocenters. The summed E-state index contributed by atoms with van der Waals surface area (Å²) in [5.74, 6) is 0. The van der Waals surface area contributed by atoms with Crippen molar-refractivity contribution < 1.29 is 8.42 Å². The van der Waals surface area contributed by atoms with Crippen molar-refractivity contribution in [3.63, 3.8) is 0 Å². The molecule has 4 heteroatoms. The van der Waals surface area contributed by atoms with Crippen molar-refractivity contribution in [3.8, 4) is 0 Å². The minimum absolute atomic E-state index is 0.269. The van der Waals surface area contributed by atoms with Crippen LogP contribution in [0.15, 0.2) is 120 Å². The molecule has 0 aliphatic heterocycles. The van der Waals surface area contributed by atoms with Crippen molar-refractivity contribution >= 4 is 10.0 Å². The summed E-state index contributed by atoms with van der Waals surface area (Å²) in [7, 11) is -3.78. The first kappa shape index (κ1) is 21.0. The van der Waals surface area contributed by atoms with Crippen LogP contribution >= 0.6 is 0 Å². The van der Waals surface area contributed by atoms with Crippen LogP contribution in [-0.2, 0) is 16.6 Å². The molecule has 0 aromatic heterocycles. The van der Waals surface area contributed by atoms with Crippen LogP contribution in [-0.4, -0.2) is 12.7 Å². The average molecular weight is 428 g/mol. The summed E-state index contributed by atoms with van der Waals surface area (Å²) in [6.07, 6.45) is 0. The molecule has 0 radical (unpaired) electrons. The molecule has 0 saturated carbocycles. The number of rotatable bonds is 7. The summed E-state index contributed by atoms with van der Waals surface area (Å²) >= 11 is 0. The third-order valence-corrected chi connectivity index (χ3v) is 7.15. The summed E-state index contributed by atoms with van der Waals surface area (Å²) in [6, 6.07) is 36.0. The van der Waals surface area contributed by atoms with Gasteiger partial charge >= 0.3 is 0 Å². The molecular weight excluding hydrogens is 402 g/mol. The number of nitrogens with zero attached hydrogens (tertiary/aromatic N) is 1. The van der Waals surface area contributed by atoms with E-state index in [9.17, 15) is 8.42 Å². The van der Waals surface area contributed by atoms with Crippen LogP contribution in [0.4, 0.5) is 0 Å². The Hall–Kier alpha value is -3.21. The fourth-order valence-electron chi connectivity index (χ4n) is 3.72. The SMILES string of the molecule is Cc1ccc(S(=O)(=O)N(Cc2ccccc2)C(c2ccccc2)c2ccccc2)cc1. The Balaban J connectivity index is 1.89. The lowest BCUT2D eigenvalue weighted by molar-refractivity contribution is 0.354. The van der Waals surface area contributed by atoms with Crippen molar-refractivity contribution in [2.45, 2.75) is 24.4 Å². The van der Waals surface area contributed by atoms with Crippen molar-refractivity contribution in [2.75, 3.05) is 0 Å². The molecule has 0 spiro atoms. The molecule has 31 heavy (non-hydrogen) atoms. The molecule has 4 aromatic rings. The molecule has 156 valence electrons. The van der Waals surface area contributed by atoms with Crippen LogP contribution < -0.4 is 0 Å². The van der Waals surface area contributed by atoms with E-state index in [-0.39, 0.29) is 6.54 Å². The van der Waals surface area contributed by atoms with Gasteiger partial charge < -0.3 is 0 Å². The minimum atomic E-state index is -3.78. The van der Waals surface area contributed by atoms with E-state index >= 15 is 0 Å². The maximum Gasteiger partial charge on any atom is 0.244 e. The zero-order chi connectivity index (χ0) is 21.7. The van der Waals surface area contributed by atoms with Gasteiger partial charge in [-0.1, -0.05) is 109 Å². The summed E-state index contributed by atoms with van der Waals surface area (Å²) in [5, 5.41) is 0. The predicted molar refractivity (Wildman–Crippen MR) is 125 cm³/mol. The van der Waals surface area contributed by atoms with Gasteiger partial charge in [-0.2, -0.15) is 4.31 Å². The molecule has 4 aromatic carbocycles. The Labute approximate surface area is 184 Å². The van der Waals surface area contributed by atoms with Gasteiger partial charge in [-0.05, 0) is 35.7 Å².